The maximum absolute atomic E-state index is 13.1. The molecule has 0 spiro atoms. The summed E-state index contributed by atoms with van der Waals surface area (Å²) < 4.78 is 13.1. The van der Waals surface area contributed by atoms with Crippen LogP contribution in [0.2, 0.25) is 0 Å². The van der Waals surface area contributed by atoms with Gasteiger partial charge in [-0.05, 0) is 31.7 Å². The monoisotopic (exact) mass is 267 g/mol. The van der Waals surface area contributed by atoms with Gasteiger partial charge in [-0.3, -0.25) is 4.79 Å². The lowest BCUT2D eigenvalue weighted by Gasteiger charge is -2.33. The number of carbonyl (C=O) groups excluding carboxylic acids is 1. The van der Waals surface area contributed by atoms with Crippen LogP contribution in [-0.2, 0) is 0 Å². The lowest BCUT2D eigenvalue weighted by molar-refractivity contribution is 0.0891. The molecule has 0 bridgehead atoms. The van der Waals surface area contributed by atoms with Crippen molar-refractivity contribution in [3.8, 4) is 0 Å². The van der Waals surface area contributed by atoms with Crippen LogP contribution in [0.25, 0.3) is 0 Å². The summed E-state index contributed by atoms with van der Waals surface area (Å²) >= 11 is 0. The molecule has 1 aromatic heterocycles. The van der Waals surface area contributed by atoms with Gasteiger partial charge in [-0.25, -0.2) is 9.37 Å². The summed E-state index contributed by atoms with van der Waals surface area (Å²) in [6.07, 6.45) is 1.78. The van der Waals surface area contributed by atoms with Crippen molar-refractivity contribution in [2.45, 2.75) is 46.6 Å². The van der Waals surface area contributed by atoms with Gasteiger partial charge in [-0.1, -0.05) is 20.8 Å². The molecule has 1 amide bonds. The van der Waals surface area contributed by atoms with Gasteiger partial charge in [0.05, 0.1) is 11.8 Å². The third-order valence-electron chi connectivity index (χ3n) is 2.55. The van der Waals surface area contributed by atoms with Gasteiger partial charge >= 0.3 is 0 Å². The van der Waals surface area contributed by atoms with Crippen molar-refractivity contribution >= 4 is 11.7 Å². The number of rotatable bonds is 3. The van der Waals surface area contributed by atoms with Crippen LogP contribution in [0.4, 0.5) is 10.2 Å². The molecule has 0 saturated heterocycles. The second-order valence-electron chi connectivity index (χ2n) is 6.66. The van der Waals surface area contributed by atoms with Crippen molar-refractivity contribution < 1.29 is 9.18 Å². The van der Waals surface area contributed by atoms with Crippen LogP contribution in [0.1, 0.15) is 51.4 Å². The summed E-state index contributed by atoms with van der Waals surface area (Å²) in [7, 11) is 0. The first-order valence-corrected chi connectivity index (χ1v) is 6.24. The molecular formula is C14H22FN3O. The number of nitrogens with zero attached hydrogens (tertiary/aromatic N) is 1. The minimum absolute atomic E-state index is 0.0328. The molecule has 0 aliphatic carbocycles. The summed E-state index contributed by atoms with van der Waals surface area (Å²) in [5, 5.41) is 2.87. The largest absolute Gasteiger partial charge is 0.383 e. The van der Waals surface area contributed by atoms with Gasteiger partial charge in [-0.2, -0.15) is 0 Å². The van der Waals surface area contributed by atoms with Gasteiger partial charge in [0.2, 0.25) is 0 Å². The predicted molar refractivity (Wildman–Crippen MR) is 74.2 cm³/mol. The van der Waals surface area contributed by atoms with Crippen molar-refractivity contribution in [3.63, 3.8) is 0 Å². The average molecular weight is 267 g/mol. The Labute approximate surface area is 113 Å². The Morgan fingerprint density at radius 1 is 1.37 bits per heavy atom. The smallest absolute Gasteiger partial charge is 0.255 e. The second kappa shape index (κ2) is 5.15. The molecule has 3 N–H and O–H groups in total. The summed E-state index contributed by atoms with van der Waals surface area (Å²) in [5.74, 6) is -0.947. The third-order valence-corrected chi connectivity index (χ3v) is 2.55. The average Bonchev–Trinajstić information content (AvgIpc) is 2.16. The zero-order valence-electron chi connectivity index (χ0n) is 12.2. The van der Waals surface area contributed by atoms with Crippen LogP contribution < -0.4 is 11.1 Å². The van der Waals surface area contributed by atoms with Gasteiger partial charge < -0.3 is 11.1 Å². The van der Waals surface area contributed by atoms with Gasteiger partial charge in [0.15, 0.2) is 0 Å². The molecule has 0 unspecified atom stereocenters. The molecular weight excluding hydrogens is 245 g/mol. The van der Waals surface area contributed by atoms with Crippen LogP contribution in [0.15, 0.2) is 12.3 Å². The Bertz CT molecular complexity index is 478. The SMILES string of the molecule is CC(C)(C)CC(C)(C)NC(=O)c1cc(F)cnc1N. The molecule has 5 heteroatoms. The van der Waals surface area contributed by atoms with Crippen LogP contribution in [0.3, 0.4) is 0 Å². The number of hydrogen-bond donors (Lipinski definition) is 2. The lowest BCUT2D eigenvalue weighted by Crippen LogP contribution is -2.46. The third kappa shape index (κ3) is 4.85. The molecule has 0 aliphatic rings. The number of carbonyl (C=O) groups is 1. The first-order chi connectivity index (χ1) is 8.50. The fourth-order valence-corrected chi connectivity index (χ4v) is 2.38. The lowest BCUT2D eigenvalue weighted by atomic mass is 9.81. The maximum atomic E-state index is 13.1. The molecule has 1 rings (SSSR count). The highest BCUT2D eigenvalue weighted by atomic mass is 19.1. The van der Waals surface area contributed by atoms with E-state index >= 15 is 0 Å². The number of aromatic nitrogens is 1. The highest BCUT2D eigenvalue weighted by Crippen LogP contribution is 2.27. The van der Waals surface area contributed by atoms with E-state index in [0.29, 0.717) is 0 Å². The maximum Gasteiger partial charge on any atom is 0.255 e. The minimum atomic E-state index is -0.576. The molecule has 0 aliphatic heterocycles. The normalized spacial score (nSPS) is 12.3. The summed E-state index contributed by atoms with van der Waals surface area (Å²) in [5.41, 5.74) is 5.33. The molecule has 106 valence electrons. The van der Waals surface area contributed by atoms with Gasteiger partial charge in [0.25, 0.3) is 5.91 Å². The molecule has 0 saturated carbocycles. The van der Waals surface area contributed by atoms with Gasteiger partial charge in [0, 0.05) is 5.54 Å². The number of nitrogens with two attached hydrogens (primary N) is 1. The second-order valence-corrected chi connectivity index (χ2v) is 6.66. The topological polar surface area (TPSA) is 68.0 Å². The van der Waals surface area contributed by atoms with E-state index in [0.717, 1.165) is 18.7 Å². The van der Waals surface area contributed by atoms with E-state index in [1.54, 1.807) is 0 Å². The summed E-state index contributed by atoms with van der Waals surface area (Å²) in [4.78, 5) is 15.8. The van der Waals surface area contributed by atoms with Gasteiger partial charge in [0.1, 0.15) is 11.6 Å². The number of nitrogen functional groups attached to an aromatic ring is 1. The zero-order chi connectivity index (χ0) is 14.8. The molecule has 0 aromatic carbocycles. The van der Waals surface area contributed by atoms with Crippen molar-refractivity contribution in [2.75, 3.05) is 5.73 Å². The molecule has 4 nitrogen and oxygen atoms in total. The van der Waals surface area contributed by atoms with E-state index in [9.17, 15) is 9.18 Å². The zero-order valence-corrected chi connectivity index (χ0v) is 12.2. The van der Waals surface area contributed by atoms with Crippen molar-refractivity contribution in [1.29, 1.82) is 0 Å². The number of halogens is 1. The number of hydrogen-bond acceptors (Lipinski definition) is 3. The summed E-state index contributed by atoms with van der Waals surface area (Å²) in [6, 6.07) is 1.10. The number of nitrogens with one attached hydrogen (secondary N) is 1. The highest BCUT2D eigenvalue weighted by Gasteiger charge is 2.28. The Hall–Kier alpha value is -1.65. The van der Waals surface area contributed by atoms with Crippen molar-refractivity contribution in [2.24, 2.45) is 5.41 Å². The predicted octanol–water partition coefficient (Wildman–Crippen LogP) is 2.75. The molecule has 1 heterocycles. The molecule has 19 heavy (non-hydrogen) atoms. The Morgan fingerprint density at radius 2 is 1.95 bits per heavy atom. The number of pyridine rings is 1. The van der Waals surface area contributed by atoms with E-state index in [1.165, 1.54) is 0 Å². The molecule has 0 atom stereocenters. The standard InChI is InChI=1S/C14H22FN3O/c1-13(2,3)8-14(4,5)18-12(19)10-6-9(15)7-17-11(10)16/h6-7H,8H2,1-5H3,(H2,16,17)(H,18,19). The van der Waals surface area contributed by atoms with Crippen LogP contribution >= 0.6 is 0 Å². The molecule has 0 fully saturated rings. The number of anilines is 1. The van der Waals surface area contributed by atoms with Crippen LogP contribution in [-0.4, -0.2) is 16.4 Å². The quantitative estimate of drug-likeness (QED) is 0.884. The Kier molecular flexibility index (Phi) is 4.18. The van der Waals surface area contributed by atoms with E-state index in [1.807, 2.05) is 13.8 Å². The first-order valence-electron chi connectivity index (χ1n) is 6.24. The van der Waals surface area contributed by atoms with Gasteiger partial charge in [-0.15, -0.1) is 0 Å². The number of amides is 1. The van der Waals surface area contributed by atoms with E-state index in [-0.39, 0.29) is 16.8 Å². The van der Waals surface area contributed by atoms with E-state index < -0.39 is 17.3 Å². The van der Waals surface area contributed by atoms with Crippen molar-refractivity contribution in [3.05, 3.63) is 23.6 Å². The van der Waals surface area contributed by atoms with E-state index in [2.05, 4.69) is 31.1 Å². The van der Waals surface area contributed by atoms with Crippen LogP contribution in [0.5, 0.6) is 0 Å². The fraction of sp³-hybridized carbons (Fsp3) is 0.571. The van der Waals surface area contributed by atoms with E-state index in [4.69, 9.17) is 5.73 Å². The molecule has 1 aromatic rings. The highest BCUT2D eigenvalue weighted by molar-refractivity contribution is 5.98. The Morgan fingerprint density at radius 3 is 2.47 bits per heavy atom. The minimum Gasteiger partial charge on any atom is -0.383 e. The van der Waals surface area contributed by atoms with Crippen LogP contribution in [0, 0.1) is 11.2 Å². The fourth-order valence-electron chi connectivity index (χ4n) is 2.38. The van der Waals surface area contributed by atoms with Crippen molar-refractivity contribution in [1.82, 2.24) is 10.3 Å². The summed E-state index contributed by atoms with van der Waals surface area (Å²) in [6.45, 7) is 10.1. The Balaban J connectivity index is 2.87. The molecule has 0 radical (unpaired) electrons. The first kappa shape index (κ1) is 15.4.